The Bertz CT molecular complexity index is 734. The van der Waals surface area contributed by atoms with E-state index in [-0.39, 0.29) is 29.3 Å². The van der Waals surface area contributed by atoms with Gasteiger partial charge in [-0.3, -0.25) is 18.9 Å². The molecule has 1 N–H and O–H groups in total. The summed E-state index contributed by atoms with van der Waals surface area (Å²) in [6, 6.07) is -1.68. The minimum atomic E-state index is -5.22. The molecule has 2 rings (SSSR count). The lowest BCUT2D eigenvalue weighted by molar-refractivity contribution is -0.204. The number of alkyl halides is 3. The molecule has 140 valence electrons. The highest BCUT2D eigenvalue weighted by Crippen LogP contribution is 2.27. The van der Waals surface area contributed by atoms with E-state index in [1.807, 2.05) is 0 Å². The molecule has 2 atom stereocenters. The summed E-state index contributed by atoms with van der Waals surface area (Å²) in [6.07, 6.45) is -6.35. The summed E-state index contributed by atoms with van der Waals surface area (Å²) in [7, 11) is -4.93. The molecule has 2 saturated heterocycles. The number of carbonyl (C=O) groups excluding carboxylic acids is 4. The van der Waals surface area contributed by atoms with E-state index in [0.29, 0.717) is 0 Å². The van der Waals surface area contributed by atoms with Crippen LogP contribution in [0.2, 0.25) is 0 Å². The molecular formula is C11H11F3N2O8S. The molecule has 25 heavy (non-hydrogen) atoms. The van der Waals surface area contributed by atoms with Crippen molar-refractivity contribution in [3.63, 3.8) is 0 Å². The topological polar surface area (TPSA) is 138 Å². The molecule has 0 aromatic heterocycles. The largest absolute Gasteiger partial charge is 0.471 e. The Morgan fingerprint density at radius 1 is 1.24 bits per heavy atom. The predicted molar refractivity (Wildman–Crippen MR) is 68.7 cm³/mol. The summed E-state index contributed by atoms with van der Waals surface area (Å²) >= 11 is 0. The Kier molecular flexibility index (Phi) is 4.78. The third-order valence-corrected chi connectivity index (χ3v) is 4.72. The van der Waals surface area contributed by atoms with E-state index in [1.54, 1.807) is 0 Å². The number of halogens is 3. The van der Waals surface area contributed by atoms with Crippen LogP contribution >= 0.6 is 0 Å². The molecule has 0 radical (unpaired) electrons. The zero-order chi connectivity index (χ0) is 19.2. The Balaban J connectivity index is 2.13. The number of likely N-dealkylation sites (tertiary alicyclic amines) is 1. The molecule has 2 aliphatic heterocycles. The van der Waals surface area contributed by atoms with Gasteiger partial charge in [0.25, 0.3) is 21.9 Å². The molecule has 2 unspecified atom stereocenters. The van der Waals surface area contributed by atoms with E-state index in [0.717, 1.165) is 0 Å². The quantitative estimate of drug-likeness (QED) is 0.481. The van der Waals surface area contributed by atoms with Gasteiger partial charge in [-0.2, -0.15) is 21.6 Å². The molecule has 0 aromatic rings. The number of nitrogens with zero attached hydrogens (tertiary/aromatic N) is 2. The van der Waals surface area contributed by atoms with Gasteiger partial charge in [-0.05, 0) is 12.8 Å². The fraction of sp³-hybridized carbons (Fsp3) is 0.636. The van der Waals surface area contributed by atoms with E-state index in [2.05, 4.69) is 4.84 Å². The summed E-state index contributed by atoms with van der Waals surface area (Å²) in [6.45, 7) is -0.381. The molecular weight excluding hydrogens is 377 g/mol. The Morgan fingerprint density at radius 2 is 1.84 bits per heavy atom. The molecule has 3 amide bonds. The SMILES string of the molecule is O=C(ON1C(=O)CC(S(=O)(=O)O)C1=O)C1CCCN1C(=O)C(F)(F)F. The first-order valence-electron chi connectivity index (χ1n) is 6.76. The minimum Gasteiger partial charge on any atom is -0.328 e. The number of amides is 3. The molecule has 0 aliphatic carbocycles. The normalized spacial score (nSPS) is 24.8. The van der Waals surface area contributed by atoms with Crippen LogP contribution in [0.15, 0.2) is 0 Å². The van der Waals surface area contributed by atoms with Crippen LogP contribution in [-0.4, -0.2) is 70.6 Å². The van der Waals surface area contributed by atoms with Crippen molar-refractivity contribution < 1.29 is 50.2 Å². The maximum Gasteiger partial charge on any atom is 0.471 e. The summed E-state index contributed by atoms with van der Waals surface area (Å²) in [4.78, 5) is 51.1. The van der Waals surface area contributed by atoms with Crippen LogP contribution in [0.3, 0.4) is 0 Å². The van der Waals surface area contributed by atoms with Crippen molar-refractivity contribution >= 4 is 33.8 Å². The molecule has 2 heterocycles. The average Bonchev–Trinajstić information content (AvgIpc) is 3.04. The van der Waals surface area contributed by atoms with E-state index >= 15 is 0 Å². The lowest BCUT2D eigenvalue weighted by Crippen LogP contribution is -2.49. The standard InChI is InChI=1S/C11H11F3N2O8S/c12-11(13,14)10(20)15-3-1-2-5(15)9(19)24-16-7(17)4-6(8(16)18)25(21,22)23/h5-6H,1-4H2,(H,21,22,23). The third-order valence-electron chi connectivity index (χ3n) is 3.63. The van der Waals surface area contributed by atoms with Crippen LogP contribution < -0.4 is 0 Å². The van der Waals surface area contributed by atoms with Crippen molar-refractivity contribution in [2.24, 2.45) is 0 Å². The summed E-state index contributed by atoms with van der Waals surface area (Å²) in [5.41, 5.74) is 0. The monoisotopic (exact) mass is 388 g/mol. The Labute approximate surface area is 138 Å². The lowest BCUT2D eigenvalue weighted by atomic mass is 10.2. The second kappa shape index (κ2) is 6.25. The van der Waals surface area contributed by atoms with Crippen LogP contribution in [0.5, 0.6) is 0 Å². The van der Waals surface area contributed by atoms with Crippen molar-refractivity contribution in [3.8, 4) is 0 Å². The number of hydrogen-bond donors (Lipinski definition) is 1. The molecule has 0 spiro atoms. The first-order valence-corrected chi connectivity index (χ1v) is 8.27. The average molecular weight is 388 g/mol. The van der Waals surface area contributed by atoms with Crippen LogP contribution in [0.1, 0.15) is 19.3 Å². The number of rotatable bonds is 3. The van der Waals surface area contributed by atoms with Gasteiger partial charge in [0.05, 0.1) is 6.42 Å². The number of imide groups is 1. The van der Waals surface area contributed by atoms with Crippen molar-refractivity contribution in [2.75, 3.05) is 6.54 Å². The summed E-state index contributed by atoms with van der Waals surface area (Å²) in [5.74, 6) is -6.59. The van der Waals surface area contributed by atoms with Gasteiger partial charge < -0.3 is 9.74 Å². The highest BCUT2D eigenvalue weighted by atomic mass is 32.2. The summed E-state index contributed by atoms with van der Waals surface area (Å²) < 4.78 is 68.2. The van der Waals surface area contributed by atoms with E-state index < -0.39 is 57.7 Å². The second-order valence-electron chi connectivity index (χ2n) is 5.30. The smallest absolute Gasteiger partial charge is 0.328 e. The van der Waals surface area contributed by atoms with Gasteiger partial charge in [-0.15, -0.1) is 5.06 Å². The number of hydrogen-bond acceptors (Lipinski definition) is 7. The second-order valence-corrected chi connectivity index (χ2v) is 6.90. The molecule has 10 nitrogen and oxygen atoms in total. The Hall–Kier alpha value is -2.22. The maximum atomic E-state index is 12.5. The van der Waals surface area contributed by atoms with Crippen molar-refractivity contribution in [1.82, 2.24) is 9.96 Å². The van der Waals surface area contributed by atoms with Crippen molar-refractivity contribution in [2.45, 2.75) is 36.7 Å². The fourth-order valence-electron chi connectivity index (χ4n) is 2.48. The van der Waals surface area contributed by atoms with Gasteiger partial charge in [-0.1, -0.05) is 0 Å². The van der Waals surface area contributed by atoms with Gasteiger partial charge in [-0.25, -0.2) is 4.79 Å². The van der Waals surface area contributed by atoms with Crippen LogP contribution in [0, 0.1) is 0 Å². The molecule has 0 aromatic carbocycles. The number of hydroxylamine groups is 2. The first-order chi connectivity index (χ1) is 11.3. The van der Waals surface area contributed by atoms with E-state index in [1.165, 1.54) is 0 Å². The Morgan fingerprint density at radius 3 is 2.32 bits per heavy atom. The molecule has 14 heteroatoms. The van der Waals surface area contributed by atoms with E-state index in [9.17, 15) is 40.8 Å². The van der Waals surface area contributed by atoms with Crippen LogP contribution in [0.25, 0.3) is 0 Å². The van der Waals surface area contributed by atoms with Crippen molar-refractivity contribution in [1.29, 1.82) is 0 Å². The highest BCUT2D eigenvalue weighted by Gasteiger charge is 2.51. The van der Waals surface area contributed by atoms with Crippen molar-refractivity contribution in [3.05, 3.63) is 0 Å². The van der Waals surface area contributed by atoms with Crippen LogP contribution in [-0.2, 0) is 34.1 Å². The fourth-order valence-corrected chi connectivity index (χ4v) is 3.18. The minimum absolute atomic E-state index is 0.0527. The zero-order valence-electron chi connectivity index (χ0n) is 12.2. The molecule has 2 aliphatic rings. The molecule has 0 saturated carbocycles. The zero-order valence-corrected chi connectivity index (χ0v) is 13.0. The van der Waals surface area contributed by atoms with Gasteiger partial charge in [0, 0.05) is 6.54 Å². The third kappa shape index (κ3) is 3.73. The predicted octanol–water partition coefficient (Wildman–Crippen LogP) is -0.987. The highest BCUT2D eigenvalue weighted by molar-refractivity contribution is 7.87. The van der Waals surface area contributed by atoms with Gasteiger partial charge in [0.2, 0.25) is 0 Å². The van der Waals surface area contributed by atoms with E-state index in [4.69, 9.17) is 4.55 Å². The first kappa shape index (κ1) is 19.1. The maximum absolute atomic E-state index is 12.5. The molecule has 2 fully saturated rings. The lowest BCUT2D eigenvalue weighted by Gasteiger charge is -2.25. The van der Waals surface area contributed by atoms with Crippen LogP contribution in [0.4, 0.5) is 13.2 Å². The van der Waals surface area contributed by atoms with Gasteiger partial charge in [0.15, 0.2) is 5.25 Å². The van der Waals surface area contributed by atoms with Gasteiger partial charge >= 0.3 is 18.1 Å². The molecule has 0 bridgehead atoms. The summed E-state index contributed by atoms with van der Waals surface area (Å²) in [5, 5.41) is -2.39. The van der Waals surface area contributed by atoms with Gasteiger partial charge in [0.1, 0.15) is 6.04 Å². The number of carbonyl (C=O) groups is 4.